The number of fused-ring (bicyclic) bond motifs is 1. The van der Waals surface area contributed by atoms with E-state index in [9.17, 15) is 4.79 Å². The number of nitrogens with zero attached hydrogens (tertiary/aromatic N) is 5. The van der Waals surface area contributed by atoms with Crippen LogP contribution in [0.1, 0.15) is 24.0 Å². The van der Waals surface area contributed by atoms with Crippen LogP contribution in [0.2, 0.25) is 0 Å². The molecule has 1 fully saturated rings. The number of benzene rings is 1. The highest BCUT2D eigenvalue weighted by atomic mass is 16.5. The average molecular weight is 354 g/mol. The summed E-state index contributed by atoms with van der Waals surface area (Å²) in [6.45, 7) is 5.56. The van der Waals surface area contributed by atoms with Crippen molar-refractivity contribution in [2.45, 2.75) is 26.3 Å². The molecule has 1 amide bonds. The first-order chi connectivity index (χ1) is 12.7. The number of carbonyl (C=O) groups excluding carboxylic acids is 1. The lowest BCUT2D eigenvalue weighted by Gasteiger charge is -2.34. The highest BCUT2D eigenvalue weighted by molar-refractivity contribution is 5.77. The number of carbonyl (C=O) groups is 1. The molecule has 0 atom stereocenters. The summed E-state index contributed by atoms with van der Waals surface area (Å²) in [6, 6.07) is 7.91. The molecule has 1 saturated heterocycles. The number of imidazole rings is 1. The molecule has 8 nitrogen and oxygen atoms in total. The monoisotopic (exact) mass is 354 g/mol. The summed E-state index contributed by atoms with van der Waals surface area (Å²) in [7, 11) is 0. The Kier molecular flexibility index (Phi) is 4.66. The Balaban J connectivity index is 1.25. The number of para-hydroxylation sites is 2. The van der Waals surface area contributed by atoms with Crippen molar-refractivity contribution in [3.05, 3.63) is 41.8 Å². The average Bonchev–Trinajstić information content (AvgIpc) is 3.25. The van der Waals surface area contributed by atoms with Crippen molar-refractivity contribution < 1.29 is 9.32 Å². The van der Waals surface area contributed by atoms with Gasteiger partial charge in [0.1, 0.15) is 5.82 Å². The van der Waals surface area contributed by atoms with E-state index < -0.39 is 0 Å². The lowest BCUT2D eigenvalue weighted by molar-refractivity contribution is -0.133. The second-order valence-electron chi connectivity index (χ2n) is 6.59. The minimum Gasteiger partial charge on any atom is -0.342 e. The van der Waals surface area contributed by atoms with Crippen LogP contribution in [-0.2, 0) is 17.8 Å². The first kappa shape index (κ1) is 16.7. The molecule has 4 rings (SSSR count). The van der Waals surface area contributed by atoms with Crippen LogP contribution in [0.25, 0.3) is 11.0 Å². The van der Waals surface area contributed by atoms with Gasteiger partial charge in [-0.3, -0.25) is 9.69 Å². The van der Waals surface area contributed by atoms with Gasteiger partial charge in [0.25, 0.3) is 0 Å². The van der Waals surface area contributed by atoms with E-state index in [1.165, 1.54) is 0 Å². The van der Waals surface area contributed by atoms with Crippen LogP contribution >= 0.6 is 0 Å². The fourth-order valence-corrected chi connectivity index (χ4v) is 3.27. The van der Waals surface area contributed by atoms with Gasteiger partial charge >= 0.3 is 0 Å². The van der Waals surface area contributed by atoms with E-state index in [-0.39, 0.29) is 5.91 Å². The third-order valence-corrected chi connectivity index (χ3v) is 4.67. The van der Waals surface area contributed by atoms with Crippen molar-refractivity contribution in [3.8, 4) is 0 Å². The molecule has 26 heavy (non-hydrogen) atoms. The van der Waals surface area contributed by atoms with Crippen molar-refractivity contribution >= 4 is 16.9 Å². The van der Waals surface area contributed by atoms with Crippen LogP contribution in [0.3, 0.4) is 0 Å². The molecular formula is C18H22N6O2. The van der Waals surface area contributed by atoms with Gasteiger partial charge in [-0.05, 0) is 12.1 Å². The molecule has 0 saturated carbocycles. The number of rotatable bonds is 5. The number of aromatic amines is 1. The van der Waals surface area contributed by atoms with Gasteiger partial charge in [-0.1, -0.05) is 17.3 Å². The molecule has 2 aromatic heterocycles. The summed E-state index contributed by atoms with van der Waals surface area (Å²) < 4.78 is 5.00. The summed E-state index contributed by atoms with van der Waals surface area (Å²) >= 11 is 0. The van der Waals surface area contributed by atoms with Crippen LogP contribution in [0.5, 0.6) is 0 Å². The minimum absolute atomic E-state index is 0.181. The molecule has 3 heterocycles. The van der Waals surface area contributed by atoms with Gasteiger partial charge in [0, 0.05) is 45.9 Å². The standard InChI is InChI=1S/C18H22N6O2/c1-13-19-17(22-26-13)12-23-8-10-24(11-9-23)18(25)7-6-16-20-14-4-2-3-5-15(14)21-16/h2-5H,6-12H2,1H3,(H,20,21). The van der Waals surface area contributed by atoms with Gasteiger partial charge in [0.05, 0.1) is 17.6 Å². The van der Waals surface area contributed by atoms with Crippen LogP contribution in [0, 0.1) is 6.92 Å². The molecule has 1 aromatic carbocycles. The number of aryl methyl sites for hydroxylation is 2. The molecule has 1 aliphatic rings. The van der Waals surface area contributed by atoms with Crippen LogP contribution in [-0.4, -0.2) is 62.0 Å². The molecular weight excluding hydrogens is 332 g/mol. The van der Waals surface area contributed by atoms with Crippen molar-refractivity contribution in [1.29, 1.82) is 0 Å². The Morgan fingerprint density at radius 2 is 2.00 bits per heavy atom. The fraction of sp³-hybridized carbons (Fsp3) is 0.444. The SMILES string of the molecule is Cc1nc(CN2CCN(C(=O)CCc3nc4ccccc4[nH]3)CC2)no1. The summed E-state index contributed by atoms with van der Waals surface area (Å²) in [5, 5.41) is 3.93. The summed E-state index contributed by atoms with van der Waals surface area (Å²) in [5.74, 6) is 2.33. The molecule has 0 radical (unpaired) electrons. The zero-order valence-corrected chi connectivity index (χ0v) is 14.8. The van der Waals surface area contributed by atoms with Gasteiger partial charge in [-0.25, -0.2) is 4.98 Å². The molecule has 136 valence electrons. The zero-order valence-electron chi connectivity index (χ0n) is 14.8. The third kappa shape index (κ3) is 3.75. The highest BCUT2D eigenvalue weighted by Gasteiger charge is 2.22. The van der Waals surface area contributed by atoms with Crippen LogP contribution < -0.4 is 0 Å². The minimum atomic E-state index is 0.181. The second kappa shape index (κ2) is 7.25. The molecule has 0 unspecified atom stereocenters. The predicted octanol–water partition coefficient (Wildman–Crippen LogP) is 1.53. The molecule has 1 aliphatic heterocycles. The topological polar surface area (TPSA) is 91.2 Å². The molecule has 1 N–H and O–H groups in total. The molecule has 0 bridgehead atoms. The zero-order chi connectivity index (χ0) is 17.9. The predicted molar refractivity (Wildman–Crippen MR) is 95.3 cm³/mol. The van der Waals surface area contributed by atoms with Gasteiger partial charge < -0.3 is 14.4 Å². The lowest BCUT2D eigenvalue weighted by Crippen LogP contribution is -2.48. The second-order valence-corrected chi connectivity index (χ2v) is 6.59. The summed E-state index contributed by atoms with van der Waals surface area (Å²) in [6.07, 6.45) is 1.11. The van der Waals surface area contributed by atoms with Gasteiger partial charge in [0.15, 0.2) is 5.82 Å². The largest absolute Gasteiger partial charge is 0.342 e. The number of H-pyrrole nitrogens is 1. The van der Waals surface area contributed by atoms with Crippen LogP contribution in [0.15, 0.2) is 28.8 Å². The van der Waals surface area contributed by atoms with Crippen molar-refractivity contribution in [3.63, 3.8) is 0 Å². The van der Waals surface area contributed by atoms with Crippen molar-refractivity contribution in [2.24, 2.45) is 0 Å². The molecule has 0 aliphatic carbocycles. The smallest absolute Gasteiger partial charge is 0.223 e. The van der Waals surface area contributed by atoms with Gasteiger partial charge in [0.2, 0.25) is 11.8 Å². The maximum Gasteiger partial charge on any atom is 0.223 e. The van der Waals surface area contributed by atoms with E-state index in [1.807, 2.05) is 29.2 Å². The molecule has 8 heteroatoms. The number of hydrogen-bond donors (Lipinski definition) is 1. The van der Waals surface area contributed by atoms with Crippen molar-refractivity contribution in [2.75, 3.05) is 26.2 Å². The normalized spacial score (nSPS) is 15.7. The maximum absolute atomic E-state index is 12.5. The Bertz CT molecular complexity index is 861. The maximum atomic E-state index is 12.5. The Labute approximate surface area is 151 Å². The Morgan fingerprint density at radius 3 is 2.73 bits per heavy atom. The van der Waals surface area contributed by atoms with Gasteiger partial charge in [-0.15, -0.1) is 0 Å². The molecule has 3 aromatic rings. The number of aromatic nitrogens is 4. The third-order valence-electron chi connectivity index (χ3n) is 4.67. The number of nitrogens with one attached hydrogen (secondary N) is 1. The summed E-state index contributed by atoms with van der Waals surface area (Å²) in [5.41, 5.74) is 1.96. The van der Waals surface area contributed by atoms with E-state index >= 15 is 0 Å². The number of hydrogen-bond acceptors (Lipinski definition) is 6. The number of piperazine rings is 1. The van der Waals surface area contributed by atoms with E-state index in [0.29, 0.717) is 31.1 Å². The summed E-state index contributed by atoms with van der Waals surface area (Å²) in [4.78, 5) is 28.7. The Hall–Kier alpha value is -2.74. The quantitative estimate of drug-likeness (QED) is 0.747. The number of amides is 1. The van der Waals surface area contributed by atoms with E-state index in [2.05, 4.69) is 25.0 Å². The van der Waals surface area contributed by atoms with E-state index in [4.69, 9.17) is 4.52 Å². The van der Waals surface area contributed by atoms with E-state index in [0.717, 1.165) is 43.0 Å². The highest BCUT2D eigenvalue weighted by Crippen LogP contribution is 2.13. The first-order valence-electron chi connectivity index (χ1n) is 8.90. The van der Waals surface area contributed by atoms with Crippen molar-refractivity contribution in [1.82, 2.24) is 29.9 Å². The fourth-order valence-electron chi connectivity index (χ4n) is 3.27. The Morgan fingerprint density at radius 1 is 1.19 bits per heavy atom. The first-order valence-corrected chi connectivity index (χ1v) is 8.90. The van der Waals surface area contributed by atoms with Gasteiger partial charge in [-0.2, -0.15) is 4.98 Å². The van der Waals surface area contributed by atoms with Crippen LogP contribution in [0.4, 0.5) is 0 Å². The van der Waals surface area contributed by atoms with E-state index in [1.54, 1.807) is 6.92 Å². The molecule has 0 spiro atoms. The lowest BCUT2D eigenvalue weighted by atomic mass is 10.2.